The van der Waals surface area contributed by atoms with Crippen molar-refractivity contribution in [3.05, 3.63) is 47.6 Å². The Morgan fingerprint density at radius 3 is 2.69 bits per heavy atom. The molecule has 3 nitrogen and oxygen atoms in total. The standard InChI is InChI=1S/C12H8ClN3/c13-9-5-3-8(4-6-9)11-10-2-1-7-14-12(10)16-15-11/h1-7H,(H,14,15,16). The molecule has 0 aliphatic rings. The zero-order valence-electron chi connectivity index (χ0n) is 8.31. The van der Waals surface area contributed by atoms with E-state index in [0.717, 1.165) is 27.3 Å². The number of aromatic amines is 1. The number of nitrogens with zero attached hydrogens (tertiary/aromatic N) is 2. The Labute approximate surface area is 97.1 Å². The van der Waals surface area contributed by atoms with Gasteiger partial charge in [0.15, 0.2) is 5.65 Å². The van der Waals surface area contributed by atoms with E-state index in [9.17, 15) is 0 Å². The highest BCUT2D eigenvalue weighted by molar-refractivity contribution is 6.30. The molecule has 78 valence electrons. The number of rotatable bonds is 1. The van der Waals surface area contributed by atoms with Crippen LogP contribution in [0, 0.1) is 0 Å². The first-order chi connectivity index (χ1) is 7.84. The Bertz CT molecular complexity index is 628. The summed E-state index contributed by atoms with van der Waals surface area (Å²) in [6, 6.07) is 11.5. The third-order valence-corrected chi connectivity index (χ3v) is 2.71. The van der Waals surface area contributed by atoms with Gasteiger partial charge in [-0.3, -0.25) is 5.10 Å². The fraction of sp³-hybridized carbons (Fsp3) is 0. The van der Waals surface area contributed by atoms with Gasteiger partial charge in [-0.2, -0.15) is 5.10 Å². The highest BCUT2D eigenvalue weighted by Crippen LogP contribution is 2.25. The second kappa shape index (κ2) is 3.61. The number of aromatic nitrogens is 3. The van der Waals surface area contributed by atoms with Crippen LogP contribution in [0.15, 0.2) is 42.6 Å². The van der Waals surface area contributed by atoms with Gasteiger partial charge in [-0.25, -0.2) is 4.98 Å². The Morgan fingerprint density at radius 2 is 1.88 bits per heavy atom. The molecule has 3 rings (SSSR count). The average Bonchev–Trinajstić information content (AvgIpc) is 2.74. The van der Waals surface area contributed by atoms with Crippen molar-refractivity contribution in [2.45, 2.75) is 0 Å². The molecule has 16 heavy (non-hydrogen) atoms. The molecule has 0 saturated heterocycles. The number of H-pyrrole nitrogens is 1. The molecule has 0 atom stereocenters. The second-order valence-corrected chi connectivity index (χ2v) is 3.92. The molecule has 2 heterocycles. The quantitative estimate of drug-likeness (QED) is 0.696. The van der Waals surface area contributed by atoms with Crippen LogP contribution in [0.1, 0.15) is 0 Å². The summed E-state index contributed by atoms with van der Waals surface area (Å²) in [4.78, 5) is 4.18. The van der Waals surface area contributed by atoms with E-state index >= 15 is 0 Å². The summed E-state index contributed by atoms with van der Waals surface area (Å²) in [5.74, 6) is 0. The van der Waals surface area contributed by atoms with Crippen LogP contribution in [0.3, 0.4) is 0 Å². The van der Waals surface area contributed by atoms with E-state index in [4.69, 9.17) is 11.6 Å². The highest BCUT2D eigenvalue weighted by atomic mass is 35.5. The average molecular weight is 230 g/mol. The molecule has 0 amide bonds. The van der Waals surface area contributed by atoms with E-state index < -0.39 is 0 Å². The minimum Gasteiger partial charge on any atom is -0.275 e. The van der Waals surface area contributed by atoms with E-state index in [2.05, 4.69) is 15.2 Å². The van der Waals surface area contributed by atoms with E-state index in [0.29, 0.717) is 0 Å². The Kier molecular flexibility index (Phi) is 2.11. The smallest absolute Gasteiger partial charge is 0.181 e. The number of fused-ring (bicyclic) bond motifs is 1. The number of hydrogen-bond donors (Lipinski definition) is 1. The molecule has 0 unspecified atom stereocenters. The lowest BCUT2D eigenvalue weighted by Gasteiger charge is -1.98. The van der Waals surface area contributed by atoms with Crippen molar-refractivity contribution in [3.8, 4) is 11.3 Å². The van der Waals surface area contributed by atoms with Gasteiger partial charge in [0.05, 0.1) is 5.69 Å². The van der Waals surface area contributed by atoms with Crippen molar-refractivity contribution in [1.82, 2.24) is 15.2 Å². The van der Waals surface area contributed by atoms with Crippen LogP contribution in [0.2, 0.25) is 5.02 Å². The maximum absolute atomic E-state index is 5.85. The van der Waals surface area contributed by atoms with Crippen LogP contribution in [0.5, 0.6) is 0 Å². The lowest BCUT2D eigenvalue weighted by Crippen LogP contribution is -1.78. The number of hydrogen-bond acceptors (Lipinski definition) is 2. The van der Waals surface area contributed by atoms with E-state index in [-0.39, 0.29) is 0 Å². The number of benzene rings is 1. The van der Waals surface area contributed by atoms with Crippen molar-refractivity contribution < 1.29 is 0 Å². The zero-order chi connectivity index (χ0) is 11.0. The van der Waals surface area contributed by atoms with E-state index in [1.165, 1.54) is 0 Å². The summed E-state index contributed by atoms with van der Waals surface area (Å²) in [6.07, 6.45) is 1.73. The van der Waals surface area contributed by atoms with Gasteiger partial charge in [0.1, 0.15) is 0 Å². The third-order valence-electron chi connectivity index (χ3n) is 2.46. The molecule has 0 spiro atoms. The van der Waals surface area contributed by atoms with Crippen LogP contribution in [-0.4, -0.2) is 15.2 Å². The van der Waals surface area contributed by atoms with E-state index in [1.807, 2.05) is 36.4 Å². The van der Waals surface area contributed by atoms with Crippen LogP contribution in [-0.2, 0) is 0 Å². The lowest BCUT2D eigenvalue weighted by molar-refractivity contribution is 1.10. The molecule has 1 N–H and O–H groups in total. The first-order valence-corrected chi connectivity index (χ1v) is 5.27. The molecule has 2 aromatic heterocycles. The number of nitrogens with one attached hydrogen (secondary N) is 1. The Hall–Kier alpha value is -1.87. The molecule has 4 heteroatoms. The summed E-state index contributed by atoms with van der Waals surface area (Å²) in [5.41, 5.74) is 2.76. The van der Waals surface area contributed by atoms with Gasteiger partial charge in [-0.1, -0.05) is 23.7 Å². The molecule has 0 aliphatic carbocycles. The summed E-state index contributed by atoms with van der Waals surface area (Å²) in [7, 11) is 0. The van der Waals surface area contributed by atoms with Crippen LogP contribution in [0.4, 0.5) is 0 Å². The van der Waals surface area contributed by atoms with E-state index in [1.54, 1.807) is 6.20 Å². The largest absolute Gasteiger partial charge is 0.275 e. The molecule has 0 bridgehead atoms. The second-order valence-electron chi connectivity index (χ2n) is 3.48. The van der Waals surface area contributed by atoms with Crippen LogP contribution < -0.4 is 0 Å². The highest BCUT2D eigenvalue weighted by Gasteiger charge is 2.06. The maximum Gasteiger partial charge on any atom is 0.181 e. The monoisotopic (exact) mass is 229 g/mol. The minimum atomic E-state index is 0.727. The topological polar surface area (TPSA) is 41.6 Å². The molecule has 1 aromatic carbocycles. The van der Waals surface area contributed by atoms with Crippen molar-refractivity contribution in [2.75, 3.05) is 0 Å². The van der Waals surface area contributed by atoms with Gasteiger partial charge in [-0.15, -0.1) is 0 Å². The molecule has 3 aromatic rings. The fourth-order valence-corrected chi connectivity index (χ4v) is 1.81. The maximum atomic E-state index is 5.85. The summed E-state index contributed by atoms with van der Waals surface area (Å²) < 4.78 is 0. The van der Waals surface area contributed by atoms with Gasteiger partial charge < -0.3 is 0 Å². The van der Waals surface area contributed by atoms with Crippen LogP contribution >= 0.6 is 11.6 Å². The SMILES string of the molecule is Clc1ccc(-c2[nH]nc3ncccc23)cc1. The Morgan fingerprint density at radius 1 is 1.06 bits per heavy atom. The van der Waals surface area contributed by atoms with Gasteiger partial charge in [0, 0.05) is 22.2 Å². The zero-order valence-corrected chi connectivity index (χ0v) is 9.07. The Balaban J connectivity index is 2.22. The predicted octanol–water partition coefficient (Wildman–Crippen LogP) is 3.28. The summed E-state index contributed by atoms with van der Waals surface area (Å²) >= 11 is 5.85. The van der Waals surface area contributed by atoms with Gasteiger partial charge in [0.2, 0.25) is 0 Å². The fourth-order valence-electron chi connectivity index (χ4n) is 1.69. The minimum absolute atomic E-state index is 0.727. The predicted molar refractivity (Wildman–Crippen MR) is 64.3 cm³/mol. The first kappa shape index (κ1) is 9.36. The molecule has 0 radical (unpaired) electrons. The summed E-state index contributed by atoms with van der Waals surface area (Å²) in [6.45, 7) is 0. The molecule has 0 aliphatic heterocycles. The first-order valence-electron chi connectivity index (χ1n) is 4.89. The normalized spacial score (nSPS) is 10.8. The van der Waals surface area contributed by atoms with Gasteiger partial charge >= 0.3 is 0 Å². The van der Waals surface area contributed by atoms with Gasteiger partial charge in [-0.05, 0) is 24.3 Å². The molecular weight excluding hydrogens is 222 g/mol. The van der Waals surface area contributed by atoms with Crippen molar-refractivity contribution in [3.63, 3.8) is 0 Å². The van der Waals surface area contributed by atoms with Gasteiger partial charge in [0.25, 0.3) is 0 Å². The molecular formula is C12H8ClN3. The van der Waals surface area contributed by atoms with Crippen molar-refractivity contribution in [1.29, 1.82) is 0 Å². The molecule has 0 saturated carbocycles. The lowest BCUT2D eigenvalue weighted by atomic mass is 10.1. The van der Waals surface area contributed by atoms with Crippen molar-refractivity contribution in [2.24, 2.45) is 0 Å². The number of pyridine rings is 1. The summed E-state index contributed by atoms with van der Waals surface area (Å²) in [5, 5.41) is 8.89. The van der Waals surface area contributed by atoms with Crippen LogP contribution in [0.25, 0.3) is 22.3 Å². The number of halogens is 1. The molecule has 0 fully saturated rings. The third kappa shape index (κ3) is 1.46. The van der Waals surface area contributed by atoms with Crippen molar-refractivity contribution >= 4 is 22.6 Å².